The molecule has 1 amide bonds. The first-order valence-electron chi connectivity index (χ1n) is 5.90. The molecule has 0 atom stereocenters. The number of hydrogen-bond acceptors (Lipinski definition) is 4. The molecule has 0 aliphatic heterocycles. The van der Waals surface area contributed by atoms with Crippen molar-refractivity contribution in [2.75, 3.05) is 20.8 Å². The standard InChI is InChI=1S/C13H16ClNO4/c1-18-10-6-8(5-9(14)11(10)19-2)12(17)15-13(7-16)3-4-13/h5-6,16H,3-4,7H2,1-2H3,(H,15,17). The molecule has 5 nitrogen and oxygen atoms in total. The quantitative estimate of drug-likeness (QED) is 0.862. The molecule has 2 rings (SSSR count). The van der Waals surface area contributed by atoms with Crippen molar-refractivity contribution in [2.45, 2.75) is 18.4 Å². The third kappa shape index (κ3) is 2.77. The normalized spacial score (nSPS) is 15.8. The lowest BCUT2D eigenvalue weighted by Gasteiger charge is -2.16. The Kier molecular flexibility index (Phi) is 3.87. The van der Waals surface area contributed by atoms with Gasteiger partial charge in [-0.05, 0) is 25.0 Å². The van der Waals surface area contributed by atoms with Crippen LogP contribution in [0.5, 0.6) is 11.5 Å². The summed E-state index contributed by atoms with van der Waals surface area (Å²) in [4.78, 5) is 12.1. The SMILES string of the molecule is COc1cc(C(=O)NC2(CO)CC2)cc(Cl)c1OC. The Balaban J connectivity index is 2.25. The van der Waals surface area contributed by atoms with E-state index in [4.69, 9.17) is 21.1 Å². The highest BCUT2D eigenvalue weighted by atomic mass is 35.5. The molecule has 1 aliphatic rings. The van der Waals surface area contributed by atoms with E-state index in [-0.39, 0.29) is 12.5 Å². The summed E-state index contributed by atoms with van der Waals surface area (Å²) in [5, 5.41) is 12.3. The van der Waals surface area contributed by atoms with Gasteiger partial charge in [0.1, 0.15) is 0 Å². The van der Waals surface area contributed by atoms with Crippen LogP contribution < -0.4 is 14.8 Å². The van der Waals surface area contributed by atoms with Gasteiger partial charge in [0.2, 0.25) is 0 Å². The minimum absolute atomic E-state index is 0.0558. The Labute approximate surface area is 116 Å². The summed E-state index contributed by atoms with van der Waals surface area (Å²) in [6.45, 7) is -0.0558. The van der Waals surface area contributed by atoms with Crippen LogP contribution in [0.15, 0.2) is 12.1 Å². The smallest absolute Gasteiger partial charge is 0.251 e. The van der Waals surface area contributed by atoms with Crippen LogP contribution in [0.25, 0.3) is 0 Å². The van der Waals surface area contributed by atoms with Gasteiger partial charge in [0, 0.05) is 5.56 Å². The Morgan fingerprint density at radius 1 is 1.42 bits per heavy atom. The molecule has 2 N–H and O–H groups in total. The molecule has 0 radical (unpaired) electrons. The van der Waals surface area contributed by atoms with Crippen molar-refractivity contribution in [3.05, 3.63) is 22.7 Å². The molecule has 6 heteroatoms. The van der Waals surface area contributed by atoms with Crippen LogP contribution in [-0.4, -0.2) is 37.4 Å². The Morgan fingerprint density at radius 3 is 2.58 bits per heavy atom. The Bertz CT molecular complexity index is 500. The molecular weight excluding hydrogens is 270 g/mol. The molecule has 1 aromatic rings. The average Bonchev–Trinajstić information content (AvgIpc) is 3.17. The van der Waals surface area contributed by atoms with E-state index >= 15 is 0 Å². The van der Waals surface area contributed by atoms with Gasteiger partial charge < -0.3 is 19.9 Å². The molecule has 104 valence electrons. The van der Waals surface area contributed by atoms with Crippen LogP contribution in [0, 0.1) is 0 Å². The number of methoxy groups -OCH3 is 2. The fourth-order valence-electron chi connectivity index (χ4n) is 1.84. The summed E-state index contributed by atoms with van der Waals surface area (Å²) < 4.78 is 10.2. The van der Waals surface area contributed by atoms with Gasteiger partial charge in [-0.25, -0.2) is 0 Å². The number of nitrogens with one attached hydrogen (secondary N) is 1. The predicted octanol–water partition coefficient (Wildman–Crippen LogP) is 1.61. The molecule has 19 heavy (non-hydrogen) atoms. The van der Waals surface area contributed by atoms with Crippen LogP contribution >= 0.6 is 11.6 Å². The lowest BCUT2D eigenvalue weighted by molar-refractivity contribution is 0.0906. The van der Waals surface area contributed by atoms with E-state index < -0.39 is 5.54 Å². The zero-order valence-electron chi connectivity index (χ0n) is 10.8. The molecule has 1 aliphatic carbocycles. The first kappa shape index (κ1) is 14.0. The first-order chi connectivity index (χ1) is 9.05. The van der Waals surface area contributed by atoms with Crippen molar-refractivity contribution in [2.24, 2.45) is 0 Å². The summed E-state index contributed by atoms with van der Waals surface area (Å²) >= 11 is 6.04. The van der Waals surface area contributed by atoms with Crippen LogP contribution in [0.1, 0.15) is 23.2 Å². The van der Waals surface area contributed by atoms with E-state index in [9.17, 15) is 9.90 Å². The molecule has 1 fully saturated rings. The summed E-state index contributed by atoms with van der Waals surface area (Å²) in [6.07, 6.45) is 1.58. The number of aliphatic hydroxyl groups is 1. The largest absolute Gasteiger partial charge is 0.493 e. The van der Waals surface area contributed by atoms with Gasteiger partial charge in [0.15, 0.2) is 11.5 Å². The van der Waals surface area contributed by atoms with Gasteiger partial charge in [-0.2, -0.15) is 0 Å². The van der Waals surface area contributed by atoms with Gasteiger partial charge in [0.25, 0.3) is 5.91 Å². The summed E-state index contributed by atoms with van der Waals surface area (Å²) in [5.41, 5.74) is -0.0844. The molecular formula is C13H16ClNO4. The molecule has 1 saturated carbocycles. The van der Waals surface area contributed by atoms with Crippen LogP contribution in [0.2, 0.25) is 5.02 Å². The number of carbonyl (C=O) groups excluding carboxylic acids is 1. The van der Waals surface area contributed by atoms with Gasteiger partial charge in [-0.1, -0.05) is 11.6 Å². The monoisotopic (exact) mass is 285 g/mol. The highest BCUT2D eigenvalue weighted by Gasteiger charge is 2.43. The van der Waals surface area contributed by atoms with Gasteiger partial charge in [-0.15, -0.1) is 0 Å². The van der Waals surface area contributed by atoms with Crippen LogP contribution in [0.4, 0.5) is 0 Å². The number of amides is 1. The number of carbonyl (C=O) groups is 1. The first-order valence-corrected chi connectivity index (χ1v) is 6.28. The number of ether oxygens (including phenoxy) is 2. The number of benzene rings is 1. The summed E-state index contributed by atoms with van der Waals surface area (Å²) in [5.74, 6) is 0.507. The second-order valence-electron chi connectivity index (χ2n) is 4.59. The lowest BCUT2D eigenvalue weighted by atomic mass is 10.1. The fraction of sp³-hybridized carbons (Fsp3) is 0.462. The van der Waals surface area contributed by atoms with E-state index in [2.05, 4.69) is 5.32 Å². The molecule has 0 unspecified atom stereocenters. The summed E-state index contributed by atoms with van der Waals surface area (Å²) in [7, 11) is 2.96. The van der Waals surface area contributed by atoms with Crippen molar-refractivity contribution in [3.63, 3.8) is 0 Å². The summed E-state index contributed by atoms with van der Waals surface area (Å²) in [6, 6.07) is 3.08. The van der Waals surface area contributed by atoms with Crippen molar-refractivity contribution in [1.82, 2.24) is 5.32 Å². The van der Waals surface area contributed by atoms with Gasteiger partial charge in [0.05, 0.1) is 31.4 Å². The zero-order valence-corrected chi connectivity index (χ0v) is 11.6. The Morgan fingerprint density at radius 2 is 2.11 bits per heavy atom. The Hall–Kier alpha value is -1.46. The van der Waals surface area contributed by atoms with E-state index in [1.807, 2.05) is 0 Å². The molecule has 0 aromatic heterocycles. The zero-order chi connectivity index (χ0) is 14.0. The number of halogens is 1. The van der Waals surface area contributed by atoms with E-state index in [0.717, 1.165) is 12.8 Å². The maximum absolute atomic E-state index is 12.1. The van der Waals surface area contributed by atoms with Crippen molar-refractivity contribution in [3.8, 4) is 11.5 Å². The maximum atomic E-state index is 12.1. The maximum Gasteiger partial charge on any atom is 0.251 e. The molecule has 0 spiro atoms. The van der Waals surface area contributed by atoms with Crippen LogP contribution in [-0.2, 0) is 0 Å². The van der Waals surface area contributed by atoms with Crippen molar-refractivity contribution >= 4 is 17.5 Å². The second kappa shape index (κ2) is 5.27. The predicted molar refractivity (Wildman–Crippen MR) is 71.1 cm³/mol. The van der Waals surface area contributed by atoms with Gasteiger partial charge >= 0.3 is 0 Å². The number of rotatable bonds is 5. The lowest BCUT2D eigenvalue weighted by Crippen LogP contribution is -2.39. The minimum Gasteiger partial charge on any atom is -0.493 e. The van der Waals surface area contributed by atoms with Crippen molar-refractivity contribution in [1.29, 1.82) is 0 Å². The van der Waals surface area contributed by atoms with E-state index in [1.165, 1.54) is 20.3 Å². The third-order valence-corrected chi connectivity index (χ3v) is 3.51. The van der Waals surface area contributed by atoms with Gasteiger partial charge in [-0.3, -0.25) is 4.79 Å². The van der Waals surface area contributed by atoms with Crippen molar-refractivity contribution < 1.29 is 19.4 Å². The number of aliphatic hydroxyl groups excluding tert-OH is 1. The average molecular weight is 286 g/mol. The molecule has 0 saturated heterocycles. The topological polar surface area (TPSA) is 67.8 Å². The fourth-order valence-corrected chi connectivity index (χ4v) is 2.12. The highest BCUT2D eigenvalue weighted by Crippen LogP contribution is 2.38. The van der Waals surface area contributed by atoms with E-state index in [0.29, 0.717) is 22.1 Å². The minimum atomic E-state index is -0.462. The molecule has 1 aromatic carbocycles. The molecule has 0 heterocycles. The number of hydrogen-bond donors (Lipinski definition) is 2. The third-order valence-electron chi connectivity index (χ3n) is 3.23. The second-order valence-corrected chi connectivity index (χ2v) is 4.99. The van der Waals surface area contributed by atoms with Crippen LogP contribution in [0.3, 0.4) is 0 Å². The molecule has 0 bridgehead atoms. The highest BCUT2D eigenvalue weighted by molar-refractivity contribution is 6.32. The van der Waals surface area contributed by atoms with E-state index in [1.54, 1.807) is 6.07 Å².